The molecule has 0 aliphatic carbocycles. The first kappa shape index (κ1) is 13.5. The van der Waals surface area contributed by atoms with Gasteiger partial charge in [-0.15, -0.1) is 0 Å². The first-order valence-electron chi connectivity index (χ1n) is 6.86. The normalized spacial score (nSPS) is 10.7. The van der Waals surface area contributed by atoms with E-state index in [2.05, 4.69) is 34.2 Å². The van der Waals surface area contributed by atoms with Crippen molar-refractivity contribution in [2.45, 2.75) is 40.2 Å². The van der Waals surface area contributed by atoms with Crippen molar-refractivity contribution in [3.63, 3.8) is 0 Å². The third-order valence-corrected chi connectivity index (χ3v) is 2.81. The average Bonchev–Trinajstić information content (AvgIpc) is 2.84. The Labute approximate surface area is 114 Å². The standard InChI is InChI=1S/C14H21N5/c1-4-7-15-14-10-12(17-11(3)18-14)13-6-8-16-19(13)9-5-2/h6,8,10H,4-5,7,9H2,1-3H3,(H,15,17,18). The Hall–Kier alpha value is -1.91. The van der Waals surface area contributed by atoms with Gasteiger partial charge in [-0.2, -0.15) is 5.10 Å². The topological polar surface area (TPSA) is 55.6 Å². The minimum absolute atomic E-state index is 0.778. The molecule has 2 heterocycles. The van der Waals surface area contributed by atoms with E-state index in [1.807, 2.05) is 29.9 Å². The van der Waals surface area contributed by atoms with Crippen LogP contribution in [-0.2, 0) is 6.54 Å². The molecule has 0 aromatic carbocycles. The summed E-state index contributed by atoms with van der Waals surface area (Å²) in [6.45, 7) is 8.03. The molecule has 0 saturated carbocycles. The van der Waals surface area contributed by atoms with E-state index >= 15 is 0 Å². The van der Waals surface area contributed by atoms with E-state index in [0.29, 0.717) is 0 Å². The SMILES string of the molecule is CCCNc1cc(-c2ccnn2CCC)nc(C)n1. The molecule has 0 fully saturated rings. The summed E-state index contributed by atoms with van der Waals surface area (Å²) in [6, 6.07) is 3.99. The summed E-state index contributed by atoms with van der Waals surface area (Å²) >= 11 is 0. The molecule has 0 aliphatic heterocycles. The van der Waals surface area contributed by atoms with Crippen LogP contribution in [-0.4, -0.2) is 26.3 Å². The zero-order chi connectivity index (χ0) is 13.7. The first-order chi connectivity index (χ1) is 9.24. The number of nitrogens with zero attached hydrogens (tertiary/aromatic N) is 4. The third-order valence-electron chi connectivity index (χ3n) is 2.81. The molecule has 19 heavy (non-hydrogen) atoms. The maximum atomic E-state index is 4.52. The van der Waals surface area contributed by atoms with Gasteiger partial charge < -0.3 is 5.32 Å². The Morgan fingerprint density at radius 3 is 2.79 bits per heavy atom. The summed E-state index contributed by atoms with van der Waals surface area (Å²) in [4.78, 5) is 8.92. The highest BCUT2D eigenvalue weighted by atomic mass is 15.3. The van der Waals surface area contributed by atoms with Crippen molar-refractivity contribution in [3.05, 3.63) is 24.2 Å². The second-order valence-electron chi connectivity index (χ2n) is 4.55. The fourth-order valence-electron chi connectivity index (χ4n) is 1.98. The first-order valence-corrected chi connectivity index (χ1v) is 6.86. The second-order valence-corrected chi connectivity index (χ2v) is 4.55. The van der Waals surface area contributed by atoms with Crippen molar-refractivity contribution in [2.24, 2.45) is 0 Å². The van der Waals surface area contributed by atoms with Crippen LogP contribution in [0.2, 0.25) is 0 Å². The van der Waals surface area contributed by atoms with Crippen LogP contribution < -0.4 is 5.32 Å². The fourth-order valence-corrected chi connectivity index (χ4v) is 1.98. The summed E-state index contributed by atoms with van der Waals surface area (Å²) in [6.07, 6.45) is 3.95. The van der Waals surface area contributed by atoms with E-state index in [4.69, 9.17) is 0 Å². The molecule has 0 amide bonds. The van der Waals surface area contributed by atoms with Crippen LogP contribution in [0.15, 0.2) is 18.3 Å². The highest BCUT2D eigenvalue weighted by Crippen LogP contribution is 2.19. The van der Waals surface area contributed by atoms with Gasteiger partial charge in [0.05, 0.1) is 11.4 Å². The largest absolute Gasteiger partial charge is 0.370 e. The summed E-state index contributed by atoms with van der Waals surface area (Å²) < 4.78 is 1.99. The van der Waals surface area contributed by atoms with E-state index in [9.17, 15) is 0 Å². The van der Waals surface area contributed by atoms with Crippen LogP contribution in [0.5, 0.6) is 0 Å². The van der Waals surface area contributed by atoms with Gasteiger partial charge in [0.15, 0.2) is 0 Å². The molecule has 0 unspecified atom stereocenters. The van der Waals surface area contributed by atoms with Gasteiger partial charge >= 0.3 is 0 Å². The monoisotopic (exact) mass is 259 g/mol. The third kappa shape index (κ3) is 3.30. The van der Waals surface area contributed by atoms with Crippen molar-refractivity contribution in [2.75, 3.05) is 11.9 Å². The second kappa shape index (κ2) is 6.31. The van der Waals surface area contributed by atoms with E-state index < -0.39 is 0 Å². The van der Waals surface area contributed by atoms with Crippen LogP contribution in [0.1, 0.15) is 32.5 Å². The Morgan fingerprint density at radius 2 is 2.05 bits per heavy atom. The number of hydrogen-bond acceptors (Lipinski definition) is 4. The summed E-state index contributed by atoms with van der Waals surface area (Å²) in [5.41, 5.74) is 1.98. The number of aryl methyl sites for hydroxylation is 2. The number of hydrogen-bond donors (Lipinski definition) is 1. The number of nitrogens with one attached hydrogen (secondary N) is 1. The predicted molar refractivity (Wildman–Crippen MR) is 77.1 cm³/mol. The van der Waals surface area contributed by atoms with Crippen molar-refractivity contribution < 1.29 is 0 Å². The quantitative estimate of drug-likeness (QED) is 0.866. The van der Waals surface area contributed by atoms with E-state index in [-0.39, 0.29) is 0 Å². The Morgan fingerprint density at radius 1 is 1.21 bits per heavy atom. The van der Waals surface area contributed by atoms with E-state index in [1.54, 1.807) is 0 Å². The zero-order valence-electron chi connectivity index (χ0n) is 11.8. The molecular formula is C14H21N5. The van der Waals surface area contributed by atoms with Crippen LogP contribution in [0.4, 0.5) is 5.82 Å². The lowest BCUT2D eigenvalue weighted by Gasteiger charge is -2.09. The van der Waals surface area contributed by atoms with Gasteiger partial charge in [0.25, 0.3) is 0 Å². The lowest BCUT2D eigenvalue weighted by atomic mass is 10.2. The van der Waals surface area contributed by atoms with Crippen LogP contribution in [0.3, 0.4) is 0 Å². The molecule has 0 atom stereocenters. The van der Waals surface area contributed by atoms with Crippen LogP contribution >= 0.6 is 0 Å². The molecule has 0 saturated heterocycles. The van der Waals surface area contributed by atoms with Gasteiger partial charge in [-0.05, 0) is 25.8 Å². The van der Waals surface area contributed by atoms with Crippen LogP contribution in [0, 0.1) is 6.92 Å². The van der Waals surface area contributed by atoms with Gasteiger partial charge in [0.1, 0.15) is 11.6 Å². The van der Waals surface area contributed by atoms with E-state index in [1.165, 1.54) is 0 Å². The lowest BCUT2D eigenvalue weighted by molar-refractivity contribution is 0.608. The molecule has 0 spiro atoms. The van der Waals surface area contributed by atoms with Crippen LogP contribution in [0.25, 0.3) is 11.4 Å². The summed E-state index contributed by atoms with van der Waals surface area (Å²) in [5.74, 6) is 1.66. The predicted octanol–water partition coefficient (Wildman–Crippen LogP) is 2.88. The highest BCUT2D eigenvalue weighted by Gasteiger charge is 2.09. The minimum Gasteiger partial charge on any atom is -0.370 e. The van der Waals surface area contributed by atoms with E-state index in [0.717, 1.165) is 49.0 Å². The van der Waals surface area contributed by atoms with Gasteiger partial charge in [0.2, 0.25) is 0 Å². The molecule has 102 valence electrons. The molecule has 2 aromatic heterocycles. The van der Waals surface area contributed by atoms with Crippen molar-refractivity contribution in [1.29, 1.82) is 0 Å². The molecule has 2 aromatic rings. The highest BCUT2D eigenvalue weighted by molar-refractivity contribution is 5.58. The lowest BCUT2D eigenvalue weighted by Crippen LogP contribution is -2.06. The van der Waals surface area contributed by atoms with Crippen molar-refractivity contribution in [3.8, 4) is 11.4 Å². The number of aromatic nitrogens is 4. The molecule has 2 rings (SSSR count). The minimum atomic E-state index is 0.778. The molecule has 0 aliphatic rings. The molecular weight excluding hydrogens is 238 g/mol. The molecule has 1 N–H and O–H groups in total. The van der Waals surface area contributed by atoms with Gasteiger partial charge in [0, 0.05) is 25.4 Å². The molecule has 0 radical (unpaired) electrons. The number of anilines is 1. The number of rotatable bonds is 6. The maximum absolute atomic E-state index is 4.52. The van der Waals surface area contributed by atoms with Gasteiger partial charge in [-0.1, -0.05) is 13.8 Å². The van der Waals surface area contributed by atoms with Crippen molar-refractivity contribution >= 4 is 5.82 Å². The smallest absolute Gasteiger partial charge is 0.130 e. The zero-order valence-corrected chi connectivity index (χ0v) is 11.8. The van der Waals surface area contributed by atoms with Gasteiger partial charge in [-0.25, -0.2) is 9.97 Å². The van der Waals surface area contributed by atoms with Crippen molar-refractivity contribution in [1.82, 2.24) is 19.7 Å². The summed E-state index contributed by atoms with van der Waals surface area (Å²) in [5, 5.41) is 7.65. The maximum Gasteiger partial charge on any atom is 0.130 e. The molecule has 5 heteroatoms. The van der Waals surface area contributed by atoms with Gasteiger partial charge in [-0.3, -0.25) is 4.68 Å². The fraction of sp³-hybridized carbons (Fsp3) is 0.500. The molecule has 5 nitrogen and oxygen atoms in total. The summed E-state index contributed by atoms with van der Waals surface area (Å²) in [7, 11) is 0. The Kier molecular flexibility index (Phi) is 4.49. The Balaban J connectivity index is 2.32. The molecule has 0 bridgehead atoms. The average molecular weight is 259 g/mol. The Bertz CT molecular complexity index is 532.